The van der Waals surface area contributed by atoms with Crippen molar-refractivity contribution in [3.8, 4) is 23.0 Å². The van der Waals surface area contributed by atoms with Gasteiger partial charge in [0.15, 0.2) is 0 Å². The minimum absolute atomic E-state index is 0.0345. The minimum Gasteiger partial charge on any atom is -0.497 e. The monoisotopic (exact) mass is 460 g/mol. The molecule has 1 fully saturated rings. The lowest BCUT2D eigenvalue weighted by Gasteiger charge is -2.29. The van der Waals surface area contributed by atoms with Gasteiger partial charge in [-0.05, 0) is 37.1 Å². The molecule has 1 unspecified atom stereocenters. The van der Waals surface area contributed by atoms with Crippen LogP contribution in [0.4, 0.5) is 0 Å². The molecule has 1 atom stereocenters. The van der Waals surface area contributed by atoms with Gasteiger partial charge in [0.25, 0.3) is 0 Å². The second-order valence-corrected chi connectivity index (χ2v) is 10.5. The number of ether oxygens (including phenoxy) is 4. The Labute approximate surface area is 188 Å². The van der Waals surface area contributed by atoms with Crippen molar-refractivity contribution in [1.82, 2.24) is 0 Å². The molecule has 3 rings (SSSR count). The van der Waals surface area contributed by atoms with Gasteiger partial charge in [0.05, 0.1) is 34.0 Å². The molecule has 0 spiro atoms. The Morgan fingerprint density at radius 2 is 1.38 bits per heavy atom. The quantitative estimate of drug-likeness (QED) is 0.463. The highest BCUT2D eigenvalue weighted by molar-refractivity contribution is 7.96. The van der Waals surface area contributed by atoms with E-state index in [0.29, 0.717) is 18.6 Å². The maximum absolute atomic E-state index is 14.6. The van der Waals surface area contributed by atoms with Gasteiger partial charge in [0, 0.05) is 11.7 Å². The third kappa shape index (κ3) is 4.26. The van der Waals surface area contributed by atoms with E-state index < -0.39 is 23.8 Å². The molecule has 2 aromatic rings. The van der Waals surface area contributed by atoms with Crippen molar-refractivity contribution in [3.63, 3.8) is 0 Å². The molecule has 0 radical (unpaired) electrons. The summed E-state index contributed by atoms with van der Waals surface area (Å²) in [6.07, 6.45) is 3.72. The fourth-order valence-corrected chi connectivity index (χ4v) is 7.29. The van der Waals surface area contributed by atoms with Crippen LogP contribution >= 0.6 is 7.14 Å². The second-order valence-electron chi connectivity index (χ2n) is 7.66. The molecule has 0 aromatic heterocycles. The molecular formula is C24H29O7P. The first-order valence-corrected chi connectivity index (χ1v) is 12.3. The van der Waals surface area contributed by atoms with Gasteiger partial charge < -0.3 is 23.5 Å². The van der Waals surface area contributed by atoms with Crippen molar-refractivity contribution < 1.29 is 33.1 Å². The lowest BCUT2D eigenvalue weighted by atomic mass is 10.0. The van der Waals surface area contributed by atoms with Crippen molar-refractivity contribution in [2.24, 2.45) is 0 Å². The van der Waals surface area contributed by atoms with E-state index in [1.165, 1.54) is 34.5 Å². The highest BCUT2D eigenvalue weighted by Crippen LogP contribution is 2.62. The van der Waals surface area contributed by atoms with Crippen LogP contribution in [0, 0.1) is 0 Å². The largest absolute Gasteiger partial charge is 0.497 e. The summed E-state index contributed by atoms with van der Waals surface area (Å²) in [5.41, 5.74) is -1.85. The standard InChI is InChI=1S/C24H29O7P/c1-28-16-13-14-18(21(15-16)31-4)23(25)32(27,17-9-6-5-7-10-17)24(26)22-19(29-2)11-8-12-20(22)30-3/h8,11-15,17H,5-7,9-10H2,1-4H3. The van der Waals surface area contributed by atoms with E-state index in [1.54, 1.807) is 30.3 Å². The van der Waals surface area contributed by atoms with Crippen LogP contribution in [-0.2, 0) is 4.57 Å². The van der Waals surface area contributed by atoms with Crippen molar-refractivity contribution in [2.45, 2.75) is 37.8 Å². The van der Waals surface area contributed by atoms with Crippen LogP contribution in [0.1, 0.15) is 52.8 Å². The zero-order valence-corrected chi connectivity index (χ0v) is 19.8. The maximum Gasteiger partial charge on any atom is 0.236 e. The molecule has 32 heavy (non-hydrogen) atoms. The summed E-state index contributed by atoms with van der Waals surface area (Å²) >= 11 is 0. The number of carbonyl (C=O) groups is 2. The number of rotatable bonds is 9. The molecule has 0 aliphatic heterocycles. The predicted molar refractivity (Wildman–Crippen MR) is 122 cm³/mol. The highest BCUT2D eigenvalue weighted by Gasteiger charge is 2.50. The van der Waals surface area contributed by atoms with Gasteiger partial charge in [-0.25, -0.2) is 0 Å². The van der Waals surface area contributed by atoms with E-state index in [1.807, 2.05) is 0 Å². The predicted octanol–water partition coefficient (Wildman–Crippen LogP) is 5.40. The average molecular weight is 460 g/mol. The summed E-state index contributed by atoms with van der Waals surface area (Å²) in [6, 6.07) is 9.51. The Hall–Kier alpha value is -2.79. The summed E-state index contributed by atoms with van der Waals surface area (Å²) in [5.74, 6) is 1.15. The van der Waals surface area contributed by atoms with Gasteiger partial charge in [-0.1, -0.05) is 25.3 Å². The van der Waals surface area contributed by atoms with E-state index in [4.69, 9.17) is 18.9 Å². The summed E-state index contributed by atoms with van der Waals surface area (Å²) in [7, 11) is 1.64. The van der Waals surface area contributed by atoms with Crippen molar-refractivity contribution in [2.75, 3.05) is 28.4 Å². The summed E-state index contributed by atoms with van der Waals surface area (Å²) in [4.78, 5) is 27.8. The molecule has 0 bridgehead atoms. The summed E-state index contributed by atoms with van der Waals surface area (Å²) < 4.78 is 36.0. The summed E-state index contributed by atoms with van der Waals surface area (Å²) in [6.45, 7) is 0. The van der Waals surface area contributed by atoms with Crippen LogP contribution in [0.3, 0.4) is 0 Å². The first-order valence-electron chi connectivity index (χ1n) is 10.5. The zero-order chi connectivity index (χ0) is 23.3. The van der Waals surface area contributed by atoms with Crippen molar-refractivity contribution >= 4 is 18.2 Å². The third-order valence-corrected chi connectivity index (χ3v) is 9.19. The molecule has 0 N–H and O–H groups in total. The van der Waals surface area contributed by atoms with Gasteiger partial charge in [0.1, 0.15) is 28.6 Å². The van der Waals surface area contributed by atoms with E-state index in [-0.39, 0.29) is 28.4 Å². The molecular weight excluding hydrogens is 431 g/mol. The van der Waals surface area contributed by atoms with E-state index in [9.17, 15) is 14.2 Å². The molecule has 8 heteroatoms. The lowest BCUT2D eigenvalue weighted by molar-refractivity contribution is 0.103. The first-order chi connectivity index (χ1) is 15.4. The number of hydrogen-bond acceptors (Lipinski definition) is 7. The molecule has 0 amide bonds. The molecule has 1 aliphatic rings. The molecule has 1 aliphatic carbocycles. The second kappa shape index (κ2) is 10.2. The van der Waals surface area contributed by atoms with E-state index >= 15 is 0 Å². The van der Waals surface area contributed by atoms with E-state index in [2.05, 4.69) is 0 Å². The van der Waals surface area contributed by atoms with Crippen LogP contribution < -0.4 is 18.9 Å². The van der Waals surface area contributed by atoms with E-state index in [0.717, 1.165) is 19.3 Å². The Morgan fingerprint density at radius 3 is 1.91 bits per heavy atom. The Morgan fingerprint density at radius 1 is 0.781 bits per heavy atom. The van der Waals surface area contributed by atoms with Crippen LogP contribution in [-0.4, -0.2) is 45.1 Å². The zero-order valence-electron chi connectivity index (χ0n) is 18.9. The van der Waals surface area contributed by atoms with Crippen molar-refractivity contribution in [1.29, 1.82) is 0 Å². The van der Waals surface area contributed by atoms with Crippen LogP contribution in [0.25, 0.3) is 0 Å². The number of carbonyl (C=O) groups excluding carboxylic acids is 2. The van der Waals surface area contributed by atoms with Gasteiger partial charge in [-0.3, -0.25) is 9.59 Å². The number of methoxy groups -OCH3 is 4. The van der Waals surface area contributed by atoms with Gasteiger partial charge >= 0.3 is 0 Å². The lowest BCUT2D eigenvalue weighted by Crippen LogP contribution is -2.24. The molecule has 7 nitrogen and oxygen atoms in total. The maximum atomic E-state index is 14.6. The Kier molecular flexibility index (Phi) is 7.62. The molecule has 2 aromatic carbocycles. The smallest absolute Gasteiger partial charge is 0.236 e. The first kappa shape index (κ1) is 23.9. The van der Waals surface area contributed by atoms with Crippen LogP contribution in [0.15, 0.2) is 36.4 Å². The fourth-order valence-electron chi connectivity index (χ4n) is 4.25. The van der Waals surface area contributed by atoms with Crippen LogP contribution in [0.2, 0.25) is 0 Å². The topological polar surface area (TPSA) is 88.1 Å². The molecule has 172 valence electrons. The average Bonchev–Trinajstić information content (AvgIpc) is 2.86. The van der Waals surface area contributed by atoms with Gasteiger partial charge in [0.2, 0.25) is 18.2 Å². The molecule has 1 saturated carbocycles. The Bertz CT molecular complexity index is 1020. The number of benzene rings is 2. The number of hydrogen-bond donors (Lipinski definition) is 0. The van der Waals surface area contributed by atoms with Crippen molar-refractivity contribution in [3.05, 3.63) is 47.5 Å². The van der Waals surface area contributed by atoms with Crippen LogP contribution in [0.5, 0.6) is 23.0 Å². The highest BCUT2D eigenvalue weighted by atomic mass is 31.2. The minimum atomic E-state index is -4.12. The SMILES string of the molecule is COc1ccc(C(=O)P(=O)(C(=O)c2c(OC)cccc2OC)C2CCCCC2)c(OC)c1. The van der Waals surface area contributed by atoms with Gasteiger partial charge in [-0.2, -0.15) is 0 Å². The summed E-state index contributed by atoms with van der Waals surface area (Å²) in [5, 5.41) is 0. The third-order valence-electron chi connectivity index (χ3n) is 5.97. The Balaban J connectivity index is 2.20. The van der Waals surface area contributed by atoms with Gasteiger partial charge in [-0.15, -0.1) is 0 Å². The molecule has 0 heterocycles. The molecule has 0 saturated heterocycles. The normalized spacial score (nSPS) is 16.0. The fraction of sp³-hybridized carbons (Fsp3) is 0.417.